The van der Waals surface area contributed by atoms with Crippen molar-refractivity contribution in [2.75, 3.05) is 0 Å². The Balaban J connectivity index is 1.60. The Morgan fingerprint density at radius 2 is 1.43 bits per heavy atom. The van der Waals surface area contributed by atoms with Crippen molar-refractivity contribution >= 4 is 14.6 Å². The van der Waals surface area contributed by atoms with E-state index < -0.39 is 37.9 Å². The molecular formula is C22H29F5Si. The molecule has 0 N–H and O–H groups in total. The molecule has 0 aromatic heterocycles. The summed E-state index contributed by atoms with van der Waals surface area (Å²) >= 11 is 0. The van der Waals surface area contributed by atoms with Crippen LogP contribution in [-0.2, 0) is 0 Å². The smallest absolute Gasteiger partial charge is 0.206 e. The fourth-order valence-electron chi connectivity index (χ4n) is 5.41. The molecule has 1 aliphatic heterocycles. The highest BCUT2D eigenvalue weighted by atomic mass is 28.3. The van der Waals surface area contributed by atoms with Gasteiger partial charge in [0, 0.05) is 8.80 Å². The van der Waals surface area contributed by atoms with E-state index in [0.717, 1.165) is 43.7 Å². The van der Waals surface area contributed by atoms with Crippen LogP contribution in [-0.4, -0.2) is 8.80 Å². The Bertz CT molecular complexity index is 674. The fourth-order valence-corrected chi connectivity index (χ4v) is 8.89. The van der Waals surface area contributed by atoms with E-state index >= 15 is 0 Å². The number of hydrogen-bond acceptors (Lipinski definition) is 0. The minimum absolute atomic E-state index is 0.0161. The maximum absolute atomic E-state index is 14.1. The summed E-state index contributed by atoms with van der Waals surface area (Å²) < 4.78 is 66.3. The first-order chi connectivity index (χ1) is 13.4. The Hall–Kier alpha value is -1.17. The van der Waals surface area contributed by atoms with Crippen LogP contribution in [0.5, 0.6) is 0 Å². The molecule has 0 radical (unpaired) electrons. The van der Waals surface area contributed by atoms with Gasteiger partial charge in [-0.25, -0.2) is 13.2 Å². The van der Waals surface area contributed by atoms with E-state index in [-0.39, 0.29) is 5.92 Å². The Kier molecular flexibility index (Phi) is 7.34. The molecule has 3 rings (SSSR count). The van der Waals surface area contributed by atoms with Crippen molar-refractivity contribution in [2.45, 2.75) is 75.9 Å². The predicted molar refractivity (Wildman–Crippen MR) is 106 cm³/mol. The van der Waals surface area contributed by atoms with Crippen molar-refractivity contribution < 1.29 is 22.0 Å². The summed E-state index contributed by atoms with van der Waals surface area (Å²) in [5.74, 6) is -3.11. The lowest BCUT2D eigenvalue weighted by molar-refractivity contribution is 0.216. The molecule has 6 heteroatoms. The van der Waals surface area contributed by atoms with Gasteiger partial charge in [0.05, 0.1) is 5.56 Å². The fraction of sp³-hybridized carbons (Fsp3) is 0.636. The highest BCUT2D eigenvalue weighted by Crippen LogP contribution is 2.44. The third-order valence-corrected chi connectivity index (χ3v) is 10.6. The van der Waals surface area contributed by atoms with Gasteiger partial charge in [-0.05, 0) is 61.1 Å². The molecule has 1 heterocycles. The second-order valence-electron chi connectivity index (χ2n) is 8.62. The third kappa shape index (κ3) is 4.86. The van der Waals surface area contributed by atoms with Crippen molar-refractivity contribution in [3.63, 3.8) is 0 Å². The van der Waals surface area contributed by atoms with Crippen molar-refractivity contribution in [3.8, 4) is 0 Å². The molecule has 2 fully saturated rings. The van der Waals surface area contributed by atoms with Crippen molar-refractivity contribution in [1.29, 1.82) is 0 Å². The van der Waals surface area contributed by atoms with Gasteiger partial charge in [0.15, 0.2) is 0 Å². The van der Waals surface area contributed by atoms with E-state index in [1.165, 1.54) is 37.4 Å². The predicted octanol–water partition coefficient (Wildman–Crippen LogP) is 7.82. The van der Waals surface area contributed by atoms with Crippen LogP contribution in [0.25, 0.3) is 5.83 Å². The number of hydrogen-bond donors (Lipinski definition) is 0. The van der Waals surface area contributed by atoms with E-state index in [0.29, 0.717) is 11.5 Å². The molecular weight excluding hydrogens is 387 g/mol. The molecule has 0 spiro atoms. The van der Waals surface area contributed by atoms with Gasteiger partial charge in [0.1, 0.15) is 11.6 Å². The maximum atomic E-state index is 14.1. The Morgan fingerprint density at radius 3 is 1.93 bits per heavy atom. The van der Waals surface area contributed by atoms with Gasteiger partial charge in [-0.3, -0.25) is 0 Å². The van der Waals surface area contributed by atoms with Gasteiger partial charge in [-0.15, -0.1) is 0 Å². The molecule has 1 aromatic carbocycles. The topological polar surface area (TPSA) is 0 Å². The van der Waals surface area contributed by atoms with Crippen molar-refractivity contribution in [1.82, 2.24) is 0 Å². The van der Waals surface area contributed by atoms with Gasteiger partial charge in [-0.2, -0.15) is 8.78 Å². The Labute approximate surface area is 165 Å². The van der Waals surface area contributed by atoms with Crippen LogP contribution in [0.15, 0.2) is 18.2 Å². The summed E-state index contributed by atoms with van der Waals surface area (Å²) in [7, 11) is -0.484. The summed E-state index contributed by atoms with van der Waals surface area (Å²) in [6, 6.07) is 6.46. The molecule has 28 heavy (non-hydrogen) atoms. The third-order valence-electron chi connectivity index (χ3n) is 6.95. The SMILES string of the molecule is CCC[Si@H]1CC[C@H](C2CCC(c3cc(F)c(C(F)=C(F)F)c(F)c3)CC2)CC1. The molecule has 156 valence electrons. The molecule has 0 nitrogen and oxygen atoms in total. The van der Waals surface area contributed by atoms with Crippen LogP contribution in [0.2, 0.25) is 18.1 Å². The summed E-state index contributed by atoms with van der Waals surface area (Å²) in [4.78, 5) is 0. The maximum Gasteiger partial charge on any atom is 0.306 e. The van der Waals surface area contributed by atoms with Gasteiger partial charge < -0.3 is 0 Å². The van der Waals surface area contributed by atoms with Crippen LogP contribution in [0, 0.1) is 23.5 Å². The van der Waals surface area contributed by atoms with Crippen molar-refractivity contribution in [3.05, 3.63) is 41.0 Å². The number of halogens is 5. The second-order valence-corrected chi connectivity index (χ2v) is 12.1. The van der Waals surface area contributed by atoms with Crippen LogP contribution >= 0.6 is 0 Å². The molecule has 0 amide bonds. The zero-order valence-corrected chi connectivity index (χ0v) is 17.6. The van der Waals surface area contributed by atoms with Crippen molar-refractivity contribution in [2.24, 2.45) is 11.8 Å². The largest absolute Gasteiger partial charge is 0.306 e. The van der Waals surface area contributed by atoms with Crippen LogP contribution in [0.1, 0.15) is 68.9 Å². The molecule has 0 atom stereocenters. The van der Waals surface area contributed by atoms with E-state index in [9.17, 15) is 22.0 Å². The minimum atomic E-state index is -2.71. The highest BCUT2D eigenvalue weighted by molar-refractivity contribution is 6.58. The highest BCUT2D eigenvalue weighted by Gasteiger charge is 2.32. The summed E-state index contributed by atoms with van der Waals surface area (Å²) in [6.07, 6.45) is 5.12. The molecule has 0 bridgehead atoms. The molecule has 1 aromatic rings. The quantitative estimate of drug-likeness (QED) is 0.339. The molecule has 2 aliphatic rings. The normalized spacial score (nSPS) is 28.2. The molecule has 0 unspecified atom stereocenters. The number of benzene rings is 1. The van der Waals surface area contributed by atoms with Gasteiger partial charge in [0.25, 0.3) is 0 Å². The zero-order chi connectivity index (χ0) is 20.3. The first-order valence-corrected chi connectivity index (χ1v) is 13.1. The lowest BCUT2D eigenvalue weighted by Crippen LogP contribution is -2.28. The second kappa shape index (κ2) is 9.55. The minimum Gasteiger partial charge on any atom is -0.206 e. The van der Waals surface area contributed by atoms with Gasteiger partial charge in [-0.1, -0.05) is 44.3 Å². The average Bonchev–Trinajstić information content (AvgIpc) is 2.68. The lowest BCUT2D eigenvalue weighted by atomic mass is 9.72. The first kappa shape index (κ1) is 21.5. The van der Waals surface area contributed by atoms with Gasteiger partial charge >= 0.3 is 6.08 Å². The lowest BCUT2D eigenvalue weighted by Gasteiger charge is -2.37. The average molecular weight is 417 g/mol. The van der Waals surface area contributed by atoms with E-state index in [1.54, 1.807) is 0 Å². The van der Waals surface area contributed by atoms with E-state index in [2.05, 4.69) is 6.92 Å². The summed E-state index contributed by atoms with van der Waals surface area (Å²) in [6.45, 7) is 2.28. The van der Waals surface area contributed by atoms with E-state index in [4.69, 9.17) is 0 Å². The molecule has 1 saturated heterocycles. The van der Waals surface area contributed by atoms with E-state index in [1.807, 2.05) is 0 Å². The number of rotatable bonds is 5. The zero-order valence-electron chi connectivity index (χ0n) is 16.4. The van der Waals surface area contributed by atoms with Crippen LogP contribution in [0.3, 0.4) is 0 Å². The van der Waals surface area contributed by atoms with Crippen LogP contribution in [0.4, 0.5) is 22.0 Å². The summed E-state index contributed by atoms with van der Waals surface area (Å²) in [5, 5.41) is 0. The summed E-state index contributed by atoms with van der Waals surface area (Å²) in [5.41, 5.74) is -0.797. The van der Waals surface area contributed by atoms with Gasteiger partial charge in [0.2, 0.25) is 5.83 Å². The van der Waals surface area contributed by atoms with Crippen LogP contribution < -0.4 is 0 Å². The standard InChI is InChI=1S/C22H29F5Si/c1-2-9-28-10-7-16(8-11-28)14-3-5-15(6-4-14)17-12-18(23)20(19(24)13-17)21(25)22(26)27/h12-16,28H,2-11H2,1H3/t14?,15?,16-,28-. The molecule has 1 saturated carbocycles. The molecule has 1 aliphatic carbocycles. The Morgan fingerprint density at radius 1 is 0.893 bits per heavy atom. The monoisotopic (exact) mass is 416 g/mol. The first-order valence-electron chi connectivity index (χ1n) is 10.6.